The first kappa shape index (κ1) is 28.3. The minimum atomic E-state index is -1.58. The Bertz CT molecular complexity index is 1930. The standard InChI is InChI=1S/C26H22F4N6O6/c1-31-35-9-14(26(41)42)24(38)12-8-16(17(28)18(29)20(12)35)33-3-5-34(6-4-33)22-15(27)7-11-21(19(22)30)36(32-2)10-13(23(11)37)25(39)40/h7-10,31-32H,3-6H2,1-2H3,(H,39,40)(H,41,42). The van der Waals surface area contributed by atoms with Crippen LogP contribution in [0.3, 0.4) is 0 Å². The summed E-state index contributed by atoms with van der Waals surface area (Å²) in [7, 11) is 2.67. The first-order valence-electron chi connectivity index (χ1n) is 12.4. The van der Waals surface area contributed by atoms with E-state index in [9.17, 15) is 29.4 Å². The van der Waals surface area contributed by atoms with E-state index in [0.717, 1.165) is 33.9 Å². The summed E-state index contributed by atoms with van der Waals surface area (Å²) in [5.74, 6) is -8.11. The summed E-state index contributed by atoms with van der Waals surface area (Å²) in [4.78, 5) is 51.0. The van der Waals surface area contributed by atoms with E-state index < -0.39 is 79.2 Å². The molecule has 1 saturated heterocycles. The van der Waals surface area contributed by atoms with E-state index in [0.29, 0.717) is 0 Å². The van der Waals surface area contributed by atoms with Crippen molar-refractivity contribution in [3.8, 4) is 0 Å². The number of fused-ring (bicyclic) bond motifs is 2. The molecule has 12 nitrogen and oxygen atoms in total. The molecule has 16 heteroatoms. The maximum absolute atomic E-state index is 15.8. The maximum Gasteiger partial charge on any atom is 0.341 e. The van der Waals surface area contributed by atoms with Gasteiger partial charge >= 0.3 is 11.9 Å². The minimum absolute atomic E-state index is 0.0889. The number of hydrogen-bond donors (Lipinski definition) is 4. The van der Waals surface area contributed by atoms with Crippen LogP contribution in [0.2, 0.25) is 0 Å². The van der Waals surface area contributed by atoms with Gasteiger partial charge in [0.1, 0.15) is 33.7 Å². The molecular formula is C26H22F4N6O6. The Balaban J connectivity index is 1.54. The van der Waals surface area contributed by atoms with Crippen LogP contribution in [0.15, 0.2) is 34.1 Å². The molecule has 2 aromatic carbocycles. The average Bonchev–Trinajstić information content (AvgIpc) is 2.95. The summed E-state index contributed by atoms with van der Waals surface area (Å²) in [6, 6.07) is 1.78. The van der Waals surface area contributed by atoms with Gasteiger partial charge in [0.15, 0.2) is 17.5 Å². The Labute approximate surface area is 232 Å². The number of piperazine rings is 1. The van der Waals surface area contributed by atoms with Gasteiger partial charge in [-0.2, -0.15) is 0 Å². The third-order valence-electron chi connectivity index (χ3n) is 7.19. The molecule has 0 bridgehead atoms. The number of nitrogens with zero attached hydrogens (tertiary/aromatic N) is 4. The van der Waals surface area contributed by atoms with Crippen molar-refractivity contribution in [1.82, 2.24) is 9.35 Å². The van der Waals surface area contributed by atoms with Gasteiger partial charge in [0.25, 0.3) is 0 Å². The lowest BCUT2D eigenvalue weighted by Gasteiger charge is -2.38. The topological polar surface area (TPSA) is 149 Å². The van der Waals surface area contributed by atoms with E-state index in [1.54, 1.807) is 0 Å². The molecule has 0 aliphatic carbocycles. The smallest absolute Gasteiger partial charge is 0.341 e. The van der Waals surface area contributed by atoms with E-state index in [1.165, 1.54) is 23.9 Å². The molecule has 0 radical (unpaired) electrons. The van der Waals surface area contributed by atoms with Gasteiger partial charge in [-0.1, -0.05) is 0 Å². The highest BCUT2D eigenvalue weighted by Gasteiger charge is 2.30. The van der Waals surface area contributed by atoms with Crippen molar-refractivity contribution >= 4 is 45.1 Å². The first-order valence-corrected chi connectivity index (χ1v) is 12.4. The highest BCUT2D eigenvalue weighted by atomic mass is 19.2. The van der Waals surface area contributed by atoms with E-state index in [4.69, 9.17) is 0 Å². The van der Waals surface area contributed by atoms with E-state index in [-0.39, 0.29) is 37.4 Å². The maximum atomic E-state index is 15.8. The number of anilines is 2. The monoisotopic (exact) mass is 590 g/mol. The summed E-state index contributed by atoms with van der Waals surface area (Å²) < 4.78 is 63.3. The Kier molecular flexibility index (Phi) is 6.92. The number of aromatic carboxylic acids is 2. The number of pyridine rings is 2. The molecule has 2 aromatic heterocycles. The van der Waals surface area contributed by atoms with Crippen LogP contribution in [0.1, 0.15) is 20.7 Å². The molecule has 1 aliphatic heterocycles. The highest BCUT2D eigenvalue weighted by Crippen LogP contribution is 2.33. The second-order valence-corrected chi connectivity index (χ2v) is 9.35. The lowest BCUT2D eigenvalue weighted by atomic mass is 10.1. The normalized spacial score (nSPS) is 13.6. The minimum Gasteiger partial charge on any atom is -0.477 e. The fourth-order valence-corrected chi connectivity index (χ4v) is 5.16. The Morgan fingerprint density at radius 3 is 1.64 bits per heavy atom. The number of carboxylic acids is 2. The Hall–Kier alpha value is -5.28. The summed E-state index contributed by atoms with van der Waals surface area (Å²) in [5.41, 5.74) is -0.163. The van der Waals surface area contributed by atoms with Crippen molar-refractivity contribution in [2.75, 3.05) is 60.9 Å². The molecule has 0 saturated carbocycles. The van der Waals surface area contributed by atoms with Gasteiger partial charge in [0, 0.05) is 52.7 Å². The van der Waals surface area contributed by atoms with Crippen molar-refractivity contribution in [2.24, 2.45) is 0 Å². The summed E-state index contributed by atoms with van der Waals surface area (Å²) in [6.45, 7) is -0.389. The zero-order valence-corrected chi connectivity index (χ0v) is 22.0. The fraction of sp³-hybridized carbons (Fsp3) is 0.231. The van der Waals surface area contributed by atoms with Crippen LogP contribution in [0.25, 0.3) is 21.8 Å². The highest BCUT2D eigenvalue weighted by molar-refractivity contribution is 5.95. The number of carboxylic acid groups (broad SMARTS) is 2. The van der Waals surface area contributed by atoms with Crippen LogP contribution in [0, 0.1) is 23.3 Å². The van der Waals surface area contributed by atoms with Crippen LogP contribution in [0.5, 0.6) is 0 Å². The number of rotatable bonds is 6. The molecular weight excluding hydrogens is 568 g/mol. The molecule has 0 amide bonds. The molecule has 4 aromatic rings. The first-order chi connectivity index (χ1) is 19.9. The van der Waals surface area contributed by atoms with Gasteiger partial charge < -0.3 is 30.9 Å². The number of nitrogens with one attached hydrogen (secondary N) is 2. The van der Waals surface area contributed by atoms with Crippen molar-refractivity contribution in [1.29, 1.82) is 0 Å². The van der Waals surface area contributed by atoms with Crippen LogP contribution in [-0.4, -0.2) is 71.8 Å². The number of hydrogen-bond acceptors (Lipinski definition) is 8. The number of halogens is 4. The van der Waals surface area contributed by atoms with Gasteiger partial charge in [-0.15, -0.1) is 0 Å². The lowest BCUT2D eigenvalue weighted by molar-refractivity contribution is 0.0684. The van der Waals surface area contributed by atoms with Gasteiger partial charge in [-0.3, -0.25) is 18.9 Å². The van der Waals surface area contributed by atoms with E-state index >= 15 is 17.6 Å². The molecule has 0 unspecified atom stereocenters. The Morgan fingerprint density at radius 1 is 0.714 bits per heavy atom. The van der Waals surface area contributed by atoms with Crippen molar-refractivity contribution < 1.29 is 37.4 Å². The van der Waals surface area contributed by atoms with Crippen LogP contribution < -0.4 is 31.5 Å². The van der Waals surface area contributed by atoms with Gasteiger partial charge in [0.05, 0.1) is 16.5 Å². The van der Waals surface area contributed by atoms with Gasteiger partial charge in [0.2, 0.25) is 10.9 Å². The van der Waals surface area contributed by atoms with Crippen LogP contribution in [0.4, 0.5) is 28.9 Å². The number of aromatic nitrogens is 2. The quantitative estimate of drug-likeness (QED) is 0.246. The summed E-state index contributed by atoms with van der Waals surface area (Å²) in [5, 5.41) is 17.8. The number of benzene rings is 2. The SMILES string of the molecule is CNn1cc(C(=O)O)c(=O)c2cc(N3CCN(c4c(F)cc5c(=O)c(C(=O)O)cn(NC)c5c4F)CC3)c(F)c(F)c21. The summed E-state index contributed by atoms with van der Waals surface area (Å²) in [6.07, 6.45) is 1.72. The third-order valence-corrected chi connectivity index (χ3v) is 7.19. The lowest BCUT2D eigenvalue weighted by Crippen LogP contribution is -2.47. The van der Waals surface area contributed by atoms with Gasteiger partial charge in [-0.25, -0.2) is 27.2 Å². The molecule has 3 heterocycles. The van der Waals surface area contributed by atoms with Crippen molar-refractivity contribution in [3.05, 3.63) is 79.4 Å². The van der Waals surface area contributed by atoms with E-state index in [1.807, 2.05) is 0 Å². The average molecular weight is 590 g/mol. The Morgan fingerprint density at radius 2 is 1.17 bits per heavy atom. The van der Waals surface area contributed by atoms with Crippen LogP contribution in [-0.2, 0) is 0 Å². The van der Waals surface area contributed by atoms with Crippen LogP contribution >= 0.6 is 0 Å². The zero-order valence-electron chi connectivity index (χ0n) is 22.0. The van der Waals surface area contributed by atoms with Gasteiger partial charge in [-0.05, 0) is 12.1 Å². The zero-order chi connectivity index (χ0) is 30.6. The molecule has 0 spiro atoms. The predicted octanol–water partition coefficient (Wildman–Crippen LogP) is 1.94. The molecule has 4 N–H and O–H groups in total. The second-order valence-electron chi connectivity index (χ2n) is 9.35. The molecule has 220 valence electrons. The predicted molar refractivity (Wildman–Crippen MR) is 145 cm³/mol. The van der Waals surface area contributed by atoms with Crippen molar-refractivity contribution in [2.45, 2.75) is 0 Å². The van der Waals surface area contributed by atoms with E-state index in [2.05, 4.69) is 10.9 Å². The molecule has 0 atom stereocenters. The second kappa shape index (κ2) is 10.3. The molecule has 1 fully saturated rings. The number of carbonyl (C=O) groups is 2. The van der Waals surface area contributed by atoms with Crippen molar-refractivity contribution in [3.63, 3.8) is 0 Å². The largest absolute Gasteiger partial charge is 0.477 e. The third kappa shape index (κ3) is 4.22. The summed E-state index contributed by atoms with van der Waals surface area (Å²) >= 11 is 0. The molecule has 42 heavy (non-hydrogen) atoms. The molecule has 5 rings (SSSR count). The fourth-order valence-electron chi connectivity index (χ4n) is 5.16. The molecule has 1 aliphatic rings.